The van der Waals surface area contributed by atoms with Crippen molar-refractivity contribution in [2.24, 2.45) is 0 Å². The van der Waals surface area contributed by atoms with Crippen molar-refractivity contribution in [2.45, 2.75) is 0 Å². The summed E-state index contributed by atoms with van der Waals surface area (Å²) in [6, 6.07) is 16.3. The highest BCUT2D eigenvalue weighted by molar-refractivity contribution is 7.80. The second-order valence-electron chi connectivity index (χ2n) is 8.31. The van der Waals surface area contributed by atoms with E-state index in [2.05, 4.69) is 27.1 Å². The highest BCUT2D eigenvalue weighted by Gasteiger charge is 2.35. The third kappa shape index (κ3) is 5.12. The predicted octanol–water partition coefficient (Wildman–Crippen LogP) is 4.17. The summed E-state index contributed by atoms with van der Waals surface area (Å²) in [6.45, 7) is 3.52. The lowest BCUT2D eigenvalue weighted by Gasteiger charge is -2.32. The van der Waals surface area contributed by atoms with Crippen molar-refractivity contribution in [3.05, 3.63) is 70.2 Å². The molecule has 2 fully saturated rings. The molecule has 2 saturated heterocycles. The summed E-state index contributed by atoms with van der Waals surface area (Å²) in [5, 5.41) is 3.63. The first-order valence-corrected chi connectivity index (χ1v) is 12.8. The van der Waals surface area contributed by atoms with Gasteiger partial charge in [0, 0.05) is 26.2 Å². The van der Waals surface area contributed by atoms with Crippen LogP contribution in [0.2, 0.25) is 5.15 Å². The number of ether oxygens (including phenoxy) is 1. The van der Waals surface area contributed by atoms with E-state index in [9.17, 15) is 9.59 Å². The number of benzene rings is 2. The molecule has 0 unspecified atom stereocenters. The average molecular weight is 540 g/mol. The van der Waals surface area contributed by atoms with Crippen LogP contribution < -0.4 is 19.9 Å². The Hall–Kier alpha value is -3.31. The van der Waals surface area contributed by atoms with Crippen LogP contribution in [0.1, 0.15) is 4.88 Å². The molecule has 0 atom stereocenters. The predicted molar refractivity (Wildman–Crippen MR) is 146 cm³/mol. The van der Waals surface area contributed by atoms with E-state index in [-0.39, 0.29) is 15.8 Å². The molecule has 184 valence electrons. The van der Waals surface area contributed by atoms with Gasteiger partial charge >= 0.3 is 0 Å². The second kappa shape index (κ2) is 10.4. The number of likely N-dealkylation sites (N-methyl/N-ethyl adjacent to an activating group) is 1. The number of nitrogens with one attached hydrogen (secondary N) is 1. The molecule has 2 aliphatic heterocycles. The van der Waals surface area contributed by atoms with E-state index in [1.165, 1.54) is 22.3 Å². The number of amides is 2. The molecule has 3 aromatic rings. The summed E-state index contributed by atoms with van der Waals surface area (Å²) in [6.07, 6.45) is 1.49. The minimum atomic E-state index is -0.573. The Morgan fingerprint density at radius 2 is 1.69 bits per heavy atom. The number of anilines is 2. The summed E-state index contributed by atoms with van der Waals surface area (Å²) >= 11 is 13.1. The number of aromatic nitrogens is 1. The normalized spacial score (nSPS) is 18.1. The van der Waals surface area contributed by atoms with Crippen molar-refractivity contribution in [1.29, 1.82) is 0 Å². The molecule has 11 heteroatoms. The zero-order chi connectivity index (χ0) is 25.2. The third-order valence-corrected chi connectivity index (χ3v) is 7.57. The Balaban J connectivity index is 1.37. The second-order valence-corrected chi connectivity index (χ2v) is 10.1. The maximum Gasteiger partial charge on any atom is 0.270 e. The van der Waals surface area contributed by atoms with Gasteiger partial charge in [-0.25, -0.2) is 4.98 Å². The molecule has 0 bridgehead atoms. The SMILES string of the molecule is CN1CCN(c2nc(Cl)c(C=C3C(=O)NC(=S)N(c4ccc(Oc5ccccc5)cc4)C3=O)s2)CC1. The Labute approximate surface area is 222 Å². The number of nitrogens with zero attached hydrogens (tertiary/aromatic N) is 4. The van der Waals surface area contributed by atoms with Crippen LogP contribution in [0.5, 0.6) is 11.5 Å². The van der Waals surface area contributed by atoms with E-state index in [0.29, 0.717) is 22.1 Å². The molecule has 0 saturated carbocycles. The van der Waals surface area contributed by atoms with Crippen molar-refractivity contribution in [3.63, 3.8) is 0 Å². The highest BCUT2D eigenvalue weighted by atomic mass is 35.5. The van der Waals surface area contributed by atoms with E-state index in [0.717, 1.165) is 31.3 Å². The third-order valence-electron chi connectivity index (χ3n) is 5.82. The van der Waals surface area contributed by atoms with Crippen LogP contribution in [0.4, 0.5) is 10.8 Å². The number of thiazole rings is 1. The Kier molecular flexibility index (Phi) is 7.01. The van der Waals surface area contributed by atoms with Crippen LogP contribution in [0.3, 0.4) is 0 Å². The van der Waals surface area contributed by atoms with Crippen molar-refractivity contribution in [3.8, 4) is 11.5 Å². The fourth-order valence-corrected chi connectivity index (χ4v) is 5.37. The zero-order valence-corrected chi connectivity index (χ0v) is 21.7. The molecule has 2 amide bonds. The van der Waals surface area contributed by atoms with E-state index in [4.69, 9.17) is 28.6 Å². The number of piperazine rings is 1. The van der Waals surface area contributed by atoms with Crippen LogP contribution >= 0.6 is 35.2 Å². The number of thiocarbonyl (C=S) groups is 1. The molecule has 2 aliphatic rings. The van der Waals surface area contributed by atoms with Gasteiger partial charge in [-0.3, -0.25) is 19.8 Å². The molecule has 3 heterocycles. The summed E-state index contributed by atoms with van der Waals surface area (Å²) in [4.78, 5) is 36.8. The number of carbonyl (C=O) groups excluding carboxylic acids is 2. The molecule has 2 aromatic carbocycles. The van der Waals surface area contributed by atoms with Crippen LogP contribution in [0.15, 0.2) is 60.2 Å². The smallest absolute Gasteiger partial charge is 0.270 e. The first-order chi connectivity index (χ1) is 17.4. The number of carbonyl (C=O) groups is 2. The average Bonchev–Trinajstić information content (AvgIpc) is 3.24. The van der Waals surface area contributed by atoms with Gasteiger partial charge in [-0.05, 0) is 61.7 Å². The lowest BCUT2D eigenvalue weighted by molar-refractivity contribution is -0.122. The van der Waals surface area contributed by atoms with E-state index >= 15 is 0 Å². The lowest BCUT2D eigenvalue weighted by Crippen LogP contribution is -2.54. The van der Waals surface area contributed by atoms with Crippen LogP contribution in [-0.2, 0) is 9.59 Å². The van der Waals surface area contributed by atoms with E-state index in [1.54, 1.807) is 24.3 Å². The maximum atomic E-state index is 13.4. The van der Waals surface area contributed by atoms with Gasteiger partial charge in [0.05, 0.1) is 10.6 Å². The largest absolute Gasteiger partial charge is 0.457 e. The van der Waals surface area contributed by atoms with Gasteiger partial charge in [-0.1, -0.05) is 41.1 Å². The number of hydrogen-bond acceptors (Lipinski definition) is 8. The Morgan fingerprint density at radius 1 is 1.03 bits per heavy atom. The van der Waals surface area contributed by atoms with Gasteiger partial charge in [-0.15, -0.1) is 0 Å². The van der Waals surface area contributed by atoms with Crippen molar-refractivity contribution >= 4 is 69.0 Å². The summed E-state index contributed by atoms with van der Waals surface area (Å²) < 4.78 is 5.82. The Bertz CT molecular complexity index is 1340. The molecular formula is C25H22ClN5O3S2. The molecule has 0 radical (unpaired) electrons. The topological polar surface area (TPSA) is 78.0 Å². The lowest BCUT2D eigenvalue weighted by atomic mass is 10.1. The molecule has 0 aliphatic carbocycles. The minimum absolute atomic E-state index is 0.00686. The standard InChI is InChI=1S/C25H22ClN5O3S2/c1-29-11-13-30(14-12-29)25-27-21(26)20(36-25)15-19-22(32)28-24(35)31(23(19)33)16-7-9-18(10-8-16)34-17-5-3-2-4-6-17/h2-10,15H,11-14H2,1H3,(H,28,32,35). The van der Waals surface area contributed by atoms with Gasteiger partial charge in [0.15, 0.2) is 10.2 Å². The maximum absolute atomic E-state index is 13.4. The van der Waals surface area contributed by atoms with E-state index in [1.807, 2.05) is 30.3 Å². The summed E-state index contributed by atoms with van der Waals surface area (Å²) in [7, 11) is 2.08. The fourth-order valence-electron chi connectivity index (χ4n) is 3.84. The van der Waals surface area contributed by atoms with Crippen LogP contribution in [-0.4, -0.2) is 60.0 Å². The van der Waals surface area contributed by atoms with Crippen LogP contribution in [0, 0.1) is 0 Å². The number of hydrogen-bond donors (Lipinski definition) is 1. The first-order valence-electron chi connectivity index (χ1n) is 11.2. The van der Waals surface area contributed by atoms with Crippen molar-refractivity contribution < 1.29 is 14.3 Å². The summed E-state index contributed by atoms with van der Waals surface area (Å²) in [5.41, 5.74) is 0.438. The number of rotatable bonds is 5. The van der Waals surface area contributed by atoms with Gasteiger partial charge < -0.3 is 14.5 Å². The monoisotopic (exact) mass is 539 g/mol. The van der Waals surface area contributed by atoms with Gasteiger partial charge in [0.1, 0.15) is 22.2 Å². The molecule has 8 nitrogen and oxygen atoms in total. The van der Waals surface area contributed by atoms with Gasteiger partial charge in [0.2, 0.25) is 0 Å². The van der Waals surface area contributed by atoms with Gasteiger partial charge in [-0.2, -0.15) is 0 Å². The van der Waals surface area contributed by atoms with E-state index < -0.39 is 11.8 Å². The molecule has 0 spiro atoms. The molecule has 5 rings (SSSR count). The molecular weight excluding hydrogens is 518 g/mol. The van der Waals surface area contributed by atoms with Crippen molar-refractivity contribution in [1.82, 2.24) is 15.2 Å². The number of para-hydroxylation sites is 1. The quantitative estimate of drug-likeness (QED) is 0.296. The molecule has 1 N–H and O–H groups in total. The van der Waals surface area contributed by atoms with Crippen molar-refractivity contribution in [2.75, 3.05) is 43.0 Å². The minimum Gasteiger partial charge on any atom is -0.457 e. The number of halogens is 1. The summed E-state index contributed by atoms with van der Waals surface area (Å²) in [5.74, 6) is 0.194. The fraction of sp³-hybridized carbons (Fsp3) is 0.200. The molecule has 36 heavy (non-hydrogen) atoms. The zero-order valence-electron chi connectivity index (χ0n) is 19.3. The van der Waals surface area contributed by atoms with Gasteiger partial charge in [0.25, 0.3) is 11.8 Å². The molecule has 1 aromatic heterocycles. The van der Waals surface area contributed by atoms with Crippen LogP contribution in [0.25, 0.3) is 6.08 Å². The highest BCUT2D eigenvalue weighted by Crippen LogP contribution is 2.33. The first kappa shape index (κ1) is 24.4. The Morgan fingerprint density at radius 3 is 2.39 bits per heavy atom.